The maximum Gasteiger partial charge on any atom is 0.205 e. The van der Waals surface area contributed by atoms with E-state index in [1.165, 1.54) is 22.5 Å². The molecule has 2 aromatic carbocycles. The van der Waals surface area contributed by atoms with Gasteiger partial charge in [-0.15, -0.1) is 0 Å². The van der Waals surface area contributed by atoms with Crippen LogP contribution in [0.1, 0.15) is 13.8 Å². The molecule has 0 saturated carbocycles. The third kappa shape index (κ3) is 4.52. The van der Waals surface area contributed by atoms with Crippen LogP contribution >= 0.6 is 8.38 Å². The molecule has 0 aliphatic carbocycles. The summed E-state index contributed by atoms with van der Waals surface area (Å²) in [6.07, 6.45) is 0. The van der Waals surface area contributed by atoms with Crippen molar-refractivity contribution in [3.05, 3.63) is 42.5 Å². The Kier molecular flexibility index (Phi) is 7.24. The number of anilines is 2. The van der Waals surface area contributed by atoms with E-state index in [1.807, 2.05) is 13.8 Å². The molecule has 0 aliphatic rings. The van der Waals surface area contributed by atoms with Gasteiger partial charge >= 0.3 is 0 Å². The first-order chi connectivity index (χ1) is 12.0. The molecule has 0 amide bonds. The number of benzene rings is 2. The Balaban J connectivity index is 2.70. The van der Waals surface area contributed by atoms with Gasteiger partial charge in [-0.1, -0.05) is 24.3 Å². The van der Waals surface area contributed by atoms with Gasteiger partial charge in [-0.3, -0.25) is 0 Å². The average molecular weight is 360 g/mol. The second-order valence-electron chi connectivity index (χ2n) is 6.07. The molecule has 0 radical (unpaired) electrons. The molecule has 2 rings (SSSR count). The lowest BCUT2D eigenvalue weighted by Crippen LogP contribution is -2.17. The third-order valence-corrected chi connectivity index (χ3v) is 5.62. The summed E-state index contributed by atoms with van der Waals surface area (Å²) in [6.45, 7) is 5.29. The Bertz CT molecular complexity index is 657. The summed E-state index contributed by atoms with van der Waals surface area (Å²) in [6, 6.07) is 14.8. The van der Waals surface area contributed by atoms with Crippen LogP contribution in [0.3, 0.4) is 0 Å². The maximum atomic E-state index is 5.95. The lowest BCUT2D eigenvalue weighted by molar-refractivity contribution is 0.277. The van der Waals surface area contributed by atoms with Crippen LogP contribution in [0.15, 0.2) is 42.5 Å². The number of hydrogen-bond acceptors (Lipinski definition) is 4. The second kappa shape index (κ2) is 9.19. The summed E-state index contributed by atoms with van der Waals surface area (Å²) < 4.78 is 11.9. The largest absolute Gasteiger partial charge is 0.377 e. The van der Waals surface area contributed by atoms with Gasteiger partial charge < -0.3 is 18.8 Å². The van der Waals surface area contributed by atoms with Crippen LogP contribution in [0.25, 0.3) is 11.1 Å². The van der Waals surface area contributed by atoms with E-state index in [-0.39, 0.29) is 0 Å². The van der Waals surface area contributed by atoms with E-state index in [1.54, 1.807) is 0 Å². The van der Waals surface area contributed by atoms with Crippen LogP contribution < -0.4 is 15.1 Å². The number of nitrogens with zero attached hydrogens (tertiary/aromatic N) is 2. The topological polar surface area (TPSA) is 24.9 Å². The fourth-order valence-electron chi connectivity index (χ4n) is 2.80. The first-order valence-electron chi connectivity index (χ1n) is 8.64. The first kappa shape index (κ1) is 19.7. The van der Waals surface area contributed by atoms with Gasteiger partial charge in [-0.25, -0.2) is 0 Å². The molecular formula is C20H29N2O2P. The van der Waals surface area contributed by atoms with Crippen molar-refractivity contribution in [2.45, 2.75) is 13.8 Å². The number of rotatable bonds is 8. The van der Waals surface area contributed by atoms with E-state index in [2.05, 4.69) is 80.5 Å². The molecule has 0 unspecified atom stereocenters. The van der Waals surface area contributed by atoms with Crippen molar-refractivity contribution in [2.75, 3.05) is 51.2 Å². The highest BCUT2D eigenvalue weighted by atomic mass is 31.2. The minimum absolute atomic E-state index is 0.635. The fraction of sp³-hybridized carbons (Fsp3) is 0.400. The molecule has 0 saturated heterocycles. The van der Waals surface area contributed by atoms with Gasteiger partial charge in [0.05, 0.1) is 13.2 Å². The molecule has 4 nitrogen and oxygen atoms in total. The summed E-state index contributed by atoms with van der Waals surface area (Å²) in [7, 11) is 7.21. The van der Waals surface area contributed by atoms with Crippen LogP contribution in [0.5, 0.6) is 0 Å². The van der Waals surface area contributed by atoms with E-state index in [0.717, 1.165) is 5.30 Å². The normalized spacial score (nSPS) is 11.0. The SMILES string of the molecule is CCOP(OCC)c1ccccc1-c1c(N(C)C)cccc1N(C)C. The van der Waals surface area contributed by atoms with Gasteiger partial charge in [0.1, 0.15) is 0 Å². The molecule has 0 atom stereocenters. The Morgan fingerprint density at radius 2 is 1.28 bits per heavy atom. The van der Waals surface area contributed by atoms with E-state index in [9.17, 15) is 0 Å². The summed E-state index contributed by atoms with van der Waals surface area (Å²) in [5.41, 5.74) is 4.74. The zero-order valence-electron chi connectivity index (χ0n) is 16.1. The van der Waals surface area contributed by atoms with Crippen molar-refractivity contribution < 1.29 is 9.05 Å². The molecule has 0 fully saturated rings. The van der Waals surface area contributed by atoms with E-state index in [0.29, 0.717) is 13.2 Å². The molecule has 5 heteroatoms. The Morgan fingerprint density at radius 1 is 0.760 bits per heavy atom. The van der Waals surface area contributed by atoms with Gasteiger partial charge in [0.2, 0.25) is 8.38 Å². The van der Waals surface area contributed by atoms with E-state index >= 15 is 0 Å². The lowest BCUT2D eigenvalue weighted by Gasteiger charge is -2.27. The molecular weight excluding hydrogens is 331 g/mol. The van der Waals surface area contributed by atoms with Gasteiger partial charge in [0.15, 0.2) is 0 Å². The van der Waals surface area contributed by atoms with Gasteiger partial charge in [-0.05, 0) is 37.6 Å². The molecule has 136 valence electrons. The molecule has 0 N–H and O–H groups in total. The standard InChI is InChI=1S/C20H29N2O2P/c1-7-23-25(24-8-2)19-15-10-9-12-16(19)20-17(21(3)4)13-11-14-18(20)22(5)6/h9-15H,7-8H2,1-6H3. The molecule has 0 aliphatic heterocycles. The fourth-order valence-corrected chi connectivity index (χ4v) is 4.22. The maximum absolute atomic E-state index is 5.95. The highest BCUT2D eigenvalue weighted by Crippen LogP contribution is 2.44. The van der Waals surface area contributed by atoms with Crippen LogP contribution in [0, 0.1) is 0 Å². The van der Waals surface area contributed by atoms with Crippen molar-refractivity contribution in [3.63, 3.8) is 0 Å². The number of hydrogen-bond donors (Lipinski definition) is 0. The van der Waals surface area contributed by atoms with Crippen molar-refractivity contribution in [1.29, 1.82) is 0 Å². The predicted octanol–water partition coefficient (Wildman–Crippen LogP) is 4.50. The Morgan fingerprint density at radius 3 is 1.76 bits per heavy atom. The molecule has 25 heavy (non-hydrogen) atoms. The summed E-state index contributed by atoms with van der Waals surface area (Å²) in [5, 5.41) is 1.12. The van der Waals surface area contributed by atoms with Crippen LogP contribution in [-0.4, -0.2) is 41.4 Å². The highest BCUT2D eigenvalue weighted by Gasteiger charge is 2.22. The van der Waals surface area contributed by atoms with E-state index in [4.69, 9.17) is 9.05 Å². The first-order valence-corrected chi connectivity index (χ1v) is 9.82. The minimum atomic E-state index is -1.10. The van der Waals surface area contributed by atoms with Crippen LogP contribution in [-0.2, 0) is 9.05 Å². The summed E-state index contributed by atoms with van der Waals surface area (Å²) in [5.74, 6) is 0. The van der Waals surface area contributed by atoms with Crippen molar-refractivity contribution in [3.8, 4) is 11.1 Å². The molecule has 0 heterocycles. The summed E-state index contributed by atoms with van der Waals surface area (Å²) >= 11 is 0. The van der Waals surface area contributed by atoms with Crippen LogP contribution in [0.4, 0.5) is 11.4 Å². The smallest absolute Gasteiger partial charge is 0.205 e. The van der Waals surface area contributed by atoms with Gasteiger partial charge in [0.25, 0.3) is 0 Å². The Hall–Kier alpha value is -1.61. The predicted molar refractivity (Wildman–Crippen MR) is 110 cm³/mol. The molecule has 2 aromatic rings. The van der Waals surface area contributed by atoms with Gasteiger partial charge in [-0.2, -0.15) is 0 Å². The zero-order valence-corrected chi connectivity index (χ0v) is 17.0. The van der Waals surface area contributed by atoms with Crippen molar-refractivity contribution in [1.82, 2.24) is 0 Å². The average Bonchev–Trinajstić information content (AvgIpc) is 2.60. The monoisotopic (exact) mass is 360 g/mol. The van der Waals surface area contributed by atoms with Crippen LogP contribution in [0.2, 0.25) is 0 Å². The second-order valence-corrected chi connectivity index (χ2v) is 7.58. The zero-order chi connectivity index (χ0) is 18.4. The highest BCUT2D eigenvalue weighted by molar-refractivity contribution is 7.56. The van der Waals surface area contributed by atoms with E-state index < -0.39 is 8.38 Å². The summed E-state index contributed by atoms with van der Waals surface area (Å²) in [4.78, 5) is 4.31. The van der Waals surface area contributed by atoms with Crippen molar-refractivity contribution >= 4 is 25.1 Å². The molecule has 0 spiro atoms. The van der Waals surface area contributed by atoms with Crippen molar-refractivity contribution in [2.24, 2.45) is 0 Å². The molecule has 0 aromatic heterocycles. The molecule has 0 bridgehead atoms. The quantitative estimate of drug-likeness (QED) is 0.648. The lowest BCUT2D eigenvalue weighted by atomic mass is 10.00. The van der Waals surface area contributed by atoms with Gasteiger partial charge in [0, 0.05) is 50.4 Å². The Labute approximate surface area is 153 Å². The third-order valence-electron chi connectivity index (χ3n) is 3.85. The minimum Gasteiger partial charge on any atom is -0.377 e.